The summed E-state index contributed by atoms with van der Waals surface area (Å²) in [6.07, 6.45) is 2.13. The Morgan fingerprint density at radius 3 is 2.70 bits per heavy atom. The third-order valence-electron chi connectivity index (χ3n) is 4.44. The number of carboxylic acid groups (broad SMARTS) is 1. The van der Waals surface area contributed by atoms with Gasteiger partial charge in [0.15, 0.2) is 11.3 Å². The van der Waals surface area contributed by atoms with E-state index in [9.17, 15) is 9.90 Å². The normalized spacial score (nSPS) is 16.4. The number of hydrogen-bond donors (Lipinski definition) is 2. The van der Waals surface area contributed by atoms with Gasteiger partial charge in [-0.15, -0.1) is 0 Å². The van der Waals surface area contributed by atoms with Crippen LogP contribution in [-0.2, 0) is 4.74 Å². The van der Waals surface area contributed by atoms with E-state index < -0.39 is 5.97 Å². The Balaban J connectivity index is 2.09. The summed E-state index contributed by atoms with van der Waals surface area (Å²) >= 11 is 0. The highest BCUT2D eigenvalue weighted by atomic mass is 16.5. The lowest BCUT2D eigenvalue weighted by Gasteiger charge is -2.33. The Morgan fingerprint density at radius 1 is 1.43 bits per heavy atom. The van der Waals surface area contributed by atoms with E-state index in [2.05, 4.69) is 33.9 Å². The summed E-state index contributed by atoms with van der Waals surface area (Å²) in [5.74, 6) is -0.776. The molecular formula is C16H22N4O3. The summed E-state index contributed by atoms with van der Waals surface area (Å²) in [4.78, 5) is 17.8. The van der Waals surface area contributed by atoms with Crippen molar-refractivity contribution in [2.24, 2.45) is 0 Å². The van der Waals surface area contributed by atoms with Gasteiger partial charge in [-0.05, 0) is 24.8 Å². The van der Waals surface area contributed by atoms with E-state index in [-0.39, 0.29) is 17.7 Å². The van der Waals surface area contributed by atoms with E-state index in [1.54, 1.807) is 13.2 Å². The van der Waals surface area contributed by atoms with Crippen LogP contribution in [0.1, 0.15) is 48.8 Å². The summed E-state index contributed by atoms with van der Waals surface area (Å²) in [6.45, 7) is 5.83. The number of methoxy groups -OCH3 is 1. The Labute approximate surface area is 134 Å². The molecule has 1 saturated heterocycles. The number of anilines is 1. The number of carboxylic acids is 1. The van der Waals surface area contributed by atoms with Crippen molar-refractivity contribution < 1.29 is 14.6 Å². The van der Waals surface area contributed by atoms with Crippen molar-refractivity contribution in [3.05, 3.63) is 17.5 Å². The molecule has 2 N–H and O–H groups in total. The van der Waals surface area contributed by atoms with Crippen molar-refractivity contribution in [3.8, 4) is 0 Å². The van der Waals surface area contributed by atoms with Crippen molar-refractivity contribution in [1.29, 1.82) is 0 Å². The molecule has 7 nitrogen and oxygen atoms in total. The molecule has 7 heteroatoms. The zero-order valence-electron chi connectivity index (χ0n) is 13.7. The standard InChI is InChI=1S/C16H22N4O3/c1-9(2)14-13-12(20-6-4-10(23-3)5-7-20)8-11(16(21)22)17-15(13)19-18-14/h8-10H,4-7H2,1-3H3,(H,21,22)(H,17,18,19). The molecule has 0 saturated carbocycles. The molecule has 3 rings (SSSR count). The molecule has 124 valence electrons. The average Bonchev–Trinajstić information content (AvgIpc) is 2.98. The Bertz CT molecular complexity index is 717. The lowest BCUT2D eigenvalue weighted by molar-refractivity contribution is 0.0690. The van der Waals surface area contributed by atoms with Crippen LogP contribution in [0.5, 0.6) is 0 Å². The fraction of sp³-hybridized carbons (Fsp3) is 0.562. The van der Waals surface area contributed by atoms with E-state index in [0.29, 0.717) is 5.65 Å². The monoisotopic (exact) mass is 318 g/mol. The van der Waals surface area contributed by atoms with Gasteiger partial charge in [0.25, 0.3) is 0 Å². The van der Waals surface area contributed by atoms with Gasteiger partial charge >= 0.3 is 5.97 Å². The molecule has 1 fully saturated rings. The van der Waals surface area contributed by atoms with Crippen molar-refractivity contribution in [1.82, 2.24) is 15.2 Å². The second-order valence-electron chi connectivity index (χ2n) is 6.24. The maximum Gasteiger partial charge on any atom is 0.354 e. The predicted molar refractivity (Wildman–Crippen MR) is 87.2 cm³/mol. The van der Waals surface area contributed by atoms with E-state index in [1.165, 1.54) is 0 Å². The second-order valence-corrected chi connectivity index (χ2v) is 6.24. The number of piperidine rings is 1. The van der Waals surface area contributed by atoms with Gasteiger partial charge in [0, 0.05) is 25.9 Å². The minimum Gasteiger partial charge on any atom is -0.477 e. The van der Waals surface area contributed by atoms with Crippen molar-refractivity contribution >= 4 is 22.7 Å². The summed E-state index contributed by atoms with van der Waals surface area (Å²) < 4.78 is 5.42. The number of hydrogen-bond acceptors (Lipinski definition) is 5. The largest absolute Gasteiger partial charge is 0.477 e. The van der Waals surface area contributed by atoms with Crippen LogP contribution in [0.3, 0.4) is 0 Å². The van der Waals surface area contributed by atoms with Crippen LogP contribution in [0.25, 0.3) is 11.0 Å². The van der Waals surface area contributed by atoms with Crippen LogP contribution in [-0.4, -0.2) is 52.6 Å². The first-order valence-corrected chi connectivity index (χ1v) is 7.91. The predicted octanol–water partition coefficient (Wildman–Crippen LogP) is 2.39. The molecule has 3 heterocycles. The fourth-order valence-electron chi connectivity index (χ4n) is 3.14. The smallest absolute Gasteiger partial charge is 0.354 e. The molecule has 2 aromatic heterocycles. The minimum absolute atomic E-state index is 0.0307. The molecular weight excluding hydrogens is 296 g/mol. The number of ether oxygens (including phenoxy) is 1. The van der Waals surface area contributed by atoms with Gasteiger partial charge in [-0.1, -0.05) is 13.8 Å². The van der Waals surface area contributed by atoms with Gasteiger partial charge in [0.2, 0.25) is 0 Å². The van der Waals surface area contributed by atoms with E-state index >= 15 is 0 Å². The van der Waals surface area contributed by atoms with Crippen molar-refractivity contribution in [3.63, 3.8) is 0 Å². The van der Waals surface area contributed by atoms with Crippen LogP contribution in [0.15, 0.2) is 6.07 Å². The SMILES string of the molecule is COC1CCN(c2cc(C(=O)O)nc3n[nH]c(C(C)C)c23)CC1. The molecule has 0 unspecified atom stereocenters. The number of pyridine rings is 1. The number of nitrogens with zero attached hydrogens (tertiary/aromatic N) is 3. The molecule has 2 aromatic rings. The molecule has 0 amide bonds. The first-order chi connectivity index (χ1) is 11.0. The number of carbonyl (C=O) groups is 1. The quantitative estimate of drug-likeness (QED) is 0.899. The second kappa shape index (κ2) is 6.16. The lowest BCUT2D eigenvalue weighted by atomic mass is 10.0. The molecule has 0 atom stereocenters. The third-order valence-corrected chi connectivity index (χ3v) is 4.44. The minimum atomic E-state index is -1.03. The van der Waals surface area contributed by atoms with Crippen molar-refractivity contribution in [2.75, 3.05) is 25.1 Å². The summed E-state index contributed by atoms with van der Waals surface area (Å²) in [5, 5.41) is 17.5. The van der Waals surface area contributed by atoms with E-state index in [0.717, 1.165) is 42.7 Å². The maximum atomic E-state index is 11.4. The van der Waals surface area contributed by atoms with Gasteiger partial charge < -0.3 is 14.7 Å². The van der Waals surface area contributed by atoms with E-state index in [1.807, 2.05) is 0 Å². The van der Waals surface area contributed by atoms with Crippen molar-refractivity contribution in [2.45, 2.75) is 38.7 Å². The Hall–Kier alpha value is -2.15. The van der Waals surface area contributed by atoms with Crippen LogP contribution in [0, 0.1) is 0 Å². The number of aromatic carboxylic acids is 1. The number of fused-ring (bicyclic) bond motifs is 1. The van der Waals surface area contributed by atoms with E-state index in [4.69, 9.17) is 4.74 Å². The van der Waals surface area contributed by atoms with Gasteiger partial charge in [-0.25, -0.2) is 9.78 Å². The molecule has 0 spiro atoms. The average molecular weight is 318 g/mol. The number of aromatic amines is 1. The zero-order chi connectivity index (χ0) is 16.6. The summed E-state index contributed by atoms with van der Waals surface area (Å²) in [6, 6.07) is 1.67. The highest BCUT2D eigenvalue weighted by Crippen LogP contribution is 2.33. The number of aromatic nitrogens is 3. The van der Waals surface area contributed by atoms with Crippen LogP contribution < -0.4 is 4.90 Å². The maximum absolute atomic E-state index is 11.4. The number of nitrogens with one attached hydrogen (secondary N) is 1. The molecule has 1 aliphatic rings. The highest BCUT2D eigenvalue weighted by Gasteiger charge is 2.25. The molecule has 0 bridgehead atoms. The number of H-pyrrole nitrogens is 1. The zero-order valence-corrected chi connectivity index (χ0v) is 13.7. The van der Waals surface area contributed by atoms with Crippen LogP contribution in [0.2, 0.25) is 0 Å². The van der Waals surface area contributed by atoms with Crippen LogP contribution in [0.4, 0.5) is 5.69 Å². The fourth-order valence-corrected chi connectivity index (χ4v) is 3.14. The first kappa shape index (κ1) is 15.7. The topological polar surface area (TPSA) is 91.3 Å². The lowest BCUT2D eigenvalue weighted by Crippen LogP contribution is -2.37. The molecule has 0 aromatic carbocycles. The van der Waals surface area contributed by atoms with Gasteiger partial charge in [0.05, 0.1) is 17.2 Å². The highest BCUT2D eigenvalue weighted by molar-refractivity contribution is 5.97. The summed E-state index contributed by atoms with van der Waals surface area (Å²) in [5.41, 5.74) is 2.40. The molecule has 0 radical (unpaired) electrons. The Kier molecular flexibility index (Phi) is 4.21. The first-order valence-electron chi connectivity index (χ1n) is 7.91. The number of rotatable bonds is 4. The molecule has 0 aliphatic carbocycles. The third kappa shape index (κ3) is 2.88. The van der Waals surface area contributed by atoms with Gasteiger partial charge in [-0.2, -0.15) is 5.10 Å². The summed E-state index contributed by atoms with van der Waals surface area (Å²) in [7, 11) is 1.74. The van der Waals surface area contributed by atoms with Gasteiger partial charge in [-0.3, -0.25) is 5.10 Å². The van der Waals surface area contributed by atoms with Gasteiger partial charge in [0.1, 0.15) is 0 Å². The molecule has 23 heavy (non-hydrogen) atoms. The molecule has 1 aliphatic heterocycles. The van der Waals surface area contributed by atoms with Crippen LogP contribution >= 0.6 is 0 Å². The Morgan fingerprint density at radius 2 is 2.13 bits per heavy atom.